The van der Waals surface area contributed by atoms with Gasteiger partial charge in [0.15, 0.2) is 0 Å². The first-order valence-corrected chi connectivity index (χ1v) is 9.25. The SMILES string of the molecule is CC(C)(C)OC(=O)CNC(=O)CN.CCC(C)(C)SSC(=O)O. The van der Waals surface area contributed by atoms with Crippen LogP contribution in [-0.2, 0) is 14.3 Å². The lowest BCUT2D eigenvalue weighted by molar-refractivity contribution is -0.154. The highest BCUT2D eigenvalue weighted by molar-refractivity contribution is 8.82. The van der Waals surface area contributed by atoms with Gasteiger partial charge in [-0.1, -0.05) is 17.7 Å². The van der Waals surface area contributed by atoms with Crippen molar-refractivity contribution in [3.63, 3.8) is 0 Å². The van der Waals surface area contributed by atoms with Crippen molar-refractivity contribution in [2.75, 3.05) is 13.1 Å². The minimum Gasteiger partial charge on any atom is -0.473 e. The van der Waals surface area contributed by atoms with Gasteiger partial charge in [0.1, 0.15) is 12.1 Å². The Morgan fingerprint density at radius 2 is 1.70 bits per heavy atom. The Balaban J connectivity index is 0. The van der Waals surface area contributed by atoms with Gasteiger partial charge in [0, 0.05) is 15.5 Å². The predicted octanol–water partition coefficient (Wildman–Crippen LogP) is 2.64. The Hall–Kier alpha value is -0.930. The summed E-state index contributed by atoms with van der Waals surface area (Å²) in [5, 5.41) is 9.82. The van der Waals surface area contributed by atoms with Crippen LogP contribution in [0.5, 0.6) is 0 Å². The van der Waals surface area contributed by atoms with E-state index in [9.17, 15) is 14.4 Å². The summed E-state index contributed by atoms with van der Waals surface area (Å²) in [6.45, 7) is 11.1. The van der Waals surface area contributed by atoms with Gasteiger partial charge in [-0.25, -0.2) is 4.79 Å². The van der Waals surface area contributed by atoms with Crippen LogP contribution in [-0.4, -0.2) is 45.7 Å². The molecule has 0 heterocycles. The molecule has 0 aromatic rings. The second-order valence-corrected chi connectivity index (χ2v) is 8.90. The maximum absolute atomic E-state index is 11.0. The van der Waals surface area contributed by atoms with Crippen LogP contribution >= 0.6 is 21.6 Å². The van der Waals surface area contributed by atoms with Crippen LogP contribution in [0, 0.1) is 0 Å². The number of nitrogens with one attached hydrogen (secondary N) is 1. The zero-order chi connectivity index (χ0) is 18.7. The molecule has 0 bridgehead atoms. The number of rotatable bonds is 6. The highest BCUT2D eigenvalue weighted by atomic mass is 33.1. The zero-order valence-corrected chi connectivity index (χ0v) is 16.2. The van der Waals surface area contributed by atoms with E-state index in [4.69, 9.17) is 15.6 Å². The van der Waals surface area contributed by atoms with Crippen molar-refractivity contribution >= 4 is 38.8 Å². The number of hydrogen-bond acceptors (Lipinski definition) is 7. The molecule has 0 spiro atoms. The topological polar surface area (TPSA) is 119 Å². The molecule has 0 atom stereocenters. The Morgan fingerprint density at radius 3 is 2.04 bits per heavy atom. The number of carboxylic acid groups (broad SMARTS) is 1. The van der Waals surface area contributed by atoms with Crippen LogP contribution < -0.4 is 11.1 Å². The van der Waals surface area contributed by atoms with Gasteiger partial charge < -0.3 is 20.9 Å². The van der Waals surface area contributed by atoms with E-state index >= 15 is 0 Å². The van der Waals surface area contributed by atoms with Gasteiger partial charge in [-0.05, 0) is 41.0 Å². The summed E-state index contributed by atoms with van der Waals surface area (Å²) in [6, 6.07) is 0. The summed E-state index contributed by atoms with van der Waals surface area (Å²) in [7, 11) is 2.30. The van der Waals surface area contributed by atoms with Gasteiger partial charge in [0.05, 0.1) is 6.54 Å². The molecule has 0 aliphatic rings. The highest BCUT2D eigenvalue weighted by Gasteiger charge is 2.18. The van der Waals surface area contributed by atoms with Crippen molar-refractivity contribution in [1.29, 1.82) is 0 Å². The van der Waals surface area contributed by atoms with Gasteiger partial charge in [-0.2, -0.15) is 0 Å². The van der Waals surface area contributed by atoms with E-state index in [1.165, 1.54) is 10.8 Å². The average molecular weight is 369 g/mol. The molecule has 0 aromatic carbocycles. The number of carbonyl (C=O) groups is 3. The first-order chi connectivity index (χ1) is 10.3. The fraction of sp³-hybridized carbons (Fsp3) is 0.786. The van der Waals surface area contributed by atoms with Crippen molar-refractivity contribution in [3.05, 3.63) is 0 Å². The lowest BCUT2D eigenvalue weighted by atomic mass is 10.1. The fourth-order valence-corrected chi connectivity index (χ4v) is 2.49. The van der Waals surface area contributed by atoms with Crippen LogP contribution in [0.3, 0.4) is 0 Å². The van der Waals surface area contributed by atoms with Crippen LogP contribution in [0.4, 0.5) is 4.79 Å². The Labute approximate surface area is 145 Å². The number of carbonyl (C=O) groups excluding carboxylic acids is 2. The molecule has 0 aliphatic carbocycles. The van der Waals surface area contributed by atoms with Crippen molar-refractivity contribution in [2.24, 2.45) is 5.73 Å². The first-order valence-electron chi connectivity index (χ1n) is 7.10. The molecule has 0 unspecified atom stereocenters. The lowest BCUT2D eigenvalue weighted by Gasteiger charge is -2.19. The summed E-state index contributed by atoms with van der Waals surface area (Å²) in [6.07, 6.45) is 0.984. The van der Waals surface area contributed by atoms with E-state index in [2.05, 4.69) is 12.2 Å². The lowest BCUT2D eigenvalue weighted by Crippen LogP contribution is -2.37. The summed E-state index contributed by atoms with van der Waals surface area (Å²) < 4.78 is 5.01. The van der Waals surface area contributed by atoms with E-state index < -0.39 is 16.9 Å². The van der Waals surface area contributed by atoms with Crippen molar-refractivity contribution in [3.8, 4) is 0 Å². The molecular formula is C14H28N2O5S2. The standard InChI is InChI=1S/C8H16N2O3.C6H12O2S2/c1-8(2,3)13-7(12)5-10-6(11)4-9;1-4-6(2,3)10-9-5(7)8/h4-5,9H2,1-3H3,(H,10,11);4H2,1-3H3,(H,7,8). The monoisotopic (exact) mass is 368 g/mol. The van der Waals surface area contributed by atoms with Gasteiger partial charge >= 0.3 is 11.3 Å². The number of nitrogens with two attached hydrogens (primary N) is 1. The molecule has 0 saturated heterocycles. The smallest absolute Gasteiger partial charge is 0.375 e. The largest absolute Gasteiger partial charge is 0.473 e. The molecule has 1 amide bonds. The summed E-state index contributed by atoms with van der Waals surface area (Å²) in [4.78, 5) is 31.7. The third-order valence-corrected chi connectivity index (χ3v) is 5.22. The molecular weight excluding hydrogens is 340 g/mol. The van der Waals surface area contributed by atoms with Crippen LogP contribution in [0.1, 0.15) is 48.0 Å². The molecule has 9 heteroatoms. The summed E-state index contributed by atoms with van der Waals surface area (Å²) in [5.74, 6) is -0.833. The zero-order valence-electron chi connectivity index (χ0n) is 14.6. The quantitative estimate of drug-likeness (QED) is 0.483. The number of esters is 1. The van der Waals surface area contributed by atoms with Crippen molar-refractivity contribution in [1.82, 2.24) is 5.32 Å². The molecule has 23 heavy (non-hydrogen) atoms. The predicted molar refractivity (Wildman–Crippen MR) is 95.5 cm³/mol. The second kappa shape index (κ2) is 11.6. The highest BCUT2D eigenvalue weighted by Crippen LogP contribution is 2.37. The Kier molecular flexibility index (Phi) is 12.2. The normalized spacial score (nSPS) is 11.1. The first kappa shape index (κ1) is 24.3. The van der Waals surface area contributed by atoms with Crippen molar-refractivity contribution < 1.29 is 24.2 Å². The number of ether oxygens (including phenoxy) is 1. The molecule has 0 saturated carbocycles. The molecule has 0 fully saturated rings. The van der Waals surface area contributed by atoms with E-state index in [1.807, 2.05) is 13.8 Å². The summed E-state index contributed by atoms with van der Waals surface area (Å²) in [5.41, 5.74) is 4.50. The van der Waals surface area contributed by atoms with Crippen LogP contribution in [0.2, 0.25) is 0 Å². The number of hydrogen-bond donors (Lipinski definition) is 3. The maximum Gasteiger partial charge on any atom is 0.375 e. The Morgan fingerprint density at radius 1 is 1.17 bits per heavy atom. The molecule has 0 radical (unpaired) electrons. The molecule has 7 nitrogen and oxygen atoms in total. The fourth-order valence-electron chi connectivity index (χ4n) is 0.828. The van der Waals surface area contributed by atoms with Crippen LogP contribution in [0.15, 0.2) is 0 Å². The summed E-state index contributed by atoms with van der Waals surface area (Å²) >= 11 is 0. The molecule has 0 aromatic heterocycles. The van der Waals surface area contributed by atoms with E-state index in [0.717, 1.165) is 17.2 Å². The maximum atomic E-state index is 11.0. The third-order valence-electron chi connectivity index (χ3n) is 2.23. The second-order valence-electron chi connectivity index (χ2n) is 6.11. The van der Waals surface area contributed by atoms with E-state index in [0.29, 0.717) is 0 Å². The van der Waals surface area contributed by atoms with E-state index in [1.54, 1.807) is 20.8 Å². The molecule has 0 rings (SSSR count). The molecule has 0 aliphatic heterocycles. The molecule has 4 N–H and O–H groups in total. The van der Waals surface area contributed by atoms with Crippen molar-refractivity contribution in [2.45, 2.75) is 58.3 Å². The molecule has 136 valence electrons. The Bertz CT molecular complexity index is 395. The van der Waals surface area contributed by atoms with Gasteiger partial charge in [-0.15, -0.1) is 0 Å². The van der Waals surface area contributed by atoms with Gasteiger partial charge in [0.25, 0.3) is 0 Å². The average Bonchev–Trinajstić information content (AvgIpc) is 2.41. The minimum absolute atomic E-state index is 0.0725. The van der Waals surface area contributed by atoms with E-state index in [-0.39, 0.29) is 23.7 Å². The van der Waals surface area contributed by atoms with Crippen LogP contribution in [0.25, 0.3) is 0 Å². The number of amides is 1. The van der Waals surface area contributed by atoms with Gasteiger partial charge in [0.2, 0.25) is 5.91 Å². The third kappa shape index (κ3) is 19.0. The van der Waals surface area contributed by atoms with Gasteiger partial charge in [-0.3, -0.25) is 9.59 Å². The minimum atomic E-state index is -0.813.